The smallest absolute Gasteiger partial charge is 0.330 e. The van der Waals surface area contributed by atoms with E-state index in [2.05, 4.69) is 11.7 Å². The molecule has 0 saturated heterocycles. The molecule has 4 atom stereocenters. The normalized spacial score (nSPS) is 25.7. The predicted octanol–water partition coefficient (Wildman–Crippen LogP) is 3.51. The van der Waals surface area contributed by atoms with Crippen molar-refractivity contribution in [3.05, 3.63) is 36.5 Å². The molecule has 1 rings (SSSR count). The molecule has 0 aliphatic heterocycles. The first kappa shape index (κ1) is 23.3. The third-order valence-corrected chi connectivity index (χ3v) is 5.00. The topological polar surface area (TPSA) is 83.8 Å². The lowest BCUT2D eigenvalue weighted by atomic mass is 9.89. The average Bonchev–Trinajstić information content (AvgIpc) is 2.89. The lowest BCUT2D eigenvalue weighted by molar-refractivity contribution is -0.134. The van der Waals surface area contributed by atoms with Crippen LogP contribution in [0.3, 0.4) is 0 Å². The Kier molecular flexibility index (Phi) is 10.3. The first-order valence-electron chi connectivity index (χ1n) is 9.80. The minimum absolute atomic E-state index is 0.0737. The van der Waals surface area contributed by atoms with Gasteiger partial charge in [0.2, 0.25) is 0 Å². The lowest BCUT2D eigenvalue weighted by Gasteiger charge is -2.22. The minimum atomic E-state index is -0.749. The van der Waals surface area contributed by atoms with Gasteiger partial charge in [0.05, 0.1) is 18.8 Å². The van der Waals surface area contributed by atoms with Crippen LogP contribution in [0.25, 0.3) is 0 Å². The second-order valence-electron chi connectivity index (χ2n) is 7.52. The number of unbranched alkanes of at least 4 members (excludes halogenated alkanes) is 1. The third-order valence-electron chi connectivity index (χ3n) is 5.00. The van der Waals surface area contributed by atoms with Crippen LogP contribution in [-0.4, -0.2) is 40.8 Å². The molecule has 0 bridgehead atoms. The number of rotatable bonds is 11. The molecule has 27 heavy (non-hydrogen) atoms. The number of allylic oxidation sites excluding steroid dienone is 3. The van der Waals surface area contributed by atoms with Gasteiger partial charge < -0.3 is 14.9 Å². The fraction of sp³-hybridized carbons (Fsp3) is 0.636. The number of ether oxygens (including phenoxy) is 1. The molecule has 1 saturated carbocycles. The predicted molar refractivity (Wildman–Crippen MR) is 106 cm³/mol. The standard InChI is InChI=1S/C22H34O5/c1-4-5-14-22(2,26)15-10-12-18-17(19(23)16-20(18)24)11-8-6-7-9-13-21(25)27-3/h6,8-10,12-13,17-18,20,24,26H,4-5,7,11,14-16H2,1-3H3/b8-6+,12-10+,13-9+/t17-,18-,20-,22?/m1/s1. The van der Waals surface area contributed by atoms with E-state index in [9.17, 15) is 19.8 Å². The third kappa shape index (κ3) is 8.67. The van der Waals surface area contributed by atoms with Crippen LogP contribution in [0.1, 0.15) is 58.8 Å². The summed E-state index contributed by atoms with van der Waals surface area (Å²) in [5.74, 6) is -0.769. The number of esters is 1. The quantitative estimate of drug-likeness (QED) is 0.327. The number of hydrogen-bond acceptors (Lipinski definition) is 5. The van der Waals surface area contributed by atoms with Crippen molar-refractivity contribution in [3.63, 3.8) is 0 Å². The van der Waals surface area contributed by atoms with E-state index in [1.165, 1.54) is 13.2 Å². The van der Waals surface area contributed by atoms with Crippen molar-refractivity contribution in [1.29, 1.82) is 0 Å². The molecule has 0 aromatic carbocycles. The van der Waals surface area contributed by atoms with Gasteiger partial charge in [0, 0.05) is 24.3 Å². The van der Waals surface area contributed by atoms with Crippen molar-refractivity contribution in [2.45, 2.75) is 70.5 Å². The van der Waals surface area contributed by atoms with E-state index < -0.39 is 17.7 Å². The number of Topliss-reactive ketones (excluding diaryl/α,β-unsaturated/α-hetero) is 1. The van der Waals surface area contributed by atoms with E-state index in [0.717, 1.165) is 19.3 Å². The van der Waals surface area contributed by atoms with Gasteiger partial charge >= 0.3 is 5.97 Å². The number of carbonyl (C=O) groups is 2. The van der Waals surface area contributed by atoms with Crippen molar-refractivity contribution in [2.75, 3.05) is 7.11 Å². The number of hydrogen-bond donors (Lipinski definition) is 2. The largest absolute Gasteiger partial charge is 0.466 e. The van der Waals surface area contributed by atoms with Crippen molar-refractivity contribution >= 4 is 11.8 Å². The van der Waals surface area contributed by atoms with E-state index in [1.54, 1.807) is 6.08 Å². The van der Waals surface area contributed by atoms with Crippen LogP contribution in [-0.2, 0) is 14.3 Å². The second kappa shape index (κ2) is 11.9. The number of methoxy groups -OCH3 is 1. The Morgan fingerprint density at radius 2 is 2.04 bits per heavy atom. The number of carbonyl (C=O) groups excluding carboxylic acids is 2. The summed E-state index contributed by atoms with van der Waals surface area (Å²) in [7, 11) is 1.33. The number of ketones is 1. The maximum atomic E-state index is 12.2. The summed E-state index contributed by atoms with van der Waals surface area (Å²) in [6, 6.07) is 0. The Labute approximate surface area is 162 Å². The molecule has 0 spiro atoms. The molecule has 152 valence electrons. The summed E-state index contributed by atoms with van der Waals surface area (Å²) in [4.78, 5) is 23.2. The molecule has 0 radical (unpaired) electrons. The van der Waals surface area contributed by atoms with Gasteiger partial charge in [0.15, 0.2) is 0 Å². The van der Waals surface area contributed by atoms with Gasteiger partial charge in [-0.3, -0.25) is 4.79 Å². The molecular weight excluding hydrogens is 344 g/mol. The summed E-state index contributed by atoms with van der Waals surface area (Å²) < 4.78 is 4.51. The molecule has 5 nitrogen and oxygen atoms in total. The minimum Gasteiger partial charge on any atom is -0.466 e. The van der Waals surface area contributed by atoms with Crippen LogP contribution in [0.2, 0.25) is 0 Å². The zero-order valence-electron chi connectivity index (χ0n) is 16.8. The van der Waals surface area contributed by atoms with Crippen LogP contribution >= 0.6 is 0 Å². The Balaban J connectivity index is 2.56. The molecule has 5 heteroatoms. The average molecular weight is 379 g/mol. The maximum absolute atomic E-state index is 12.2. The first-order chi connectivity index (χ1) is 12.8. The van der Waals surface area contributed by atoms with Crippen molar-refractivity contribution < 1.29 is 24.5 Å². The Bertz CT molecular complexity index is 559. The van der Waals surface area contributed by atoms with E-state index in [-0.39, 0.29) is 24.0 Å². The molecule has 0 aromatic heterocycles. The fourth-order valence-electron chi connectivity index (χ4n) is 3.32. The Morgan fingerprint density at radius 1 is 1.30 bits per heavy atom. The van der Waals surface area contributed by atoms with Crippen LogP contribution in [0.5, 0.6) is 0 Å². The van der Waals surface area contributed by atoms with Crippen LogP contribution < -0.4 is 0 Å². The van der Waals surface area contributed by atoms with Crippen LogP contribution in [0, 0.1) is 11.8 Å². The zero-order chi connectivity index (χ0) is 20.3. The van der Waals surface area contributed by atoms with Crippen molar-refractivity contribution in [1.82, 2.24) is 0 Å². The van der Waals surface area contributed by atoms with E-state index >= 15 is 0 Å². The summed E-state index contributed by atoms with van der Waals surface area (Å²) in [6.07, 6.45) is 14.6. The summed E-state index contributed by atoms with van der Waals surface area (Å²) in [6.45, 7) is 3.92. The van der Waals surface area contributed by atoms with Gasteiger partial charge in [0.1, 0.15) is 5.78 Å². The van der Waals surface area contributed by atoms with Crippen LogP contribution in [0.4, 0.5) is 0 Å². The van der Waals surface area contributed by atoms with Crippen LogP contribution in [0.15, 0.2) is 36.5 Å². The van der Waals surface area contributed by atoms with Gasteiger partial charge in [-0.2, -0.15) is 0 Å². The molecule has 1 aliphatic rings. The fourth-order valence-corrected chi connectivity index (χ4v) is 3.32. The van der Waals surface area contributed by atoms with Crippen molar-refractivity contribution in [3.8, 4) is 0 Å². The molecule has 1 unspecified atom stereocenters. The molecular formula is C22H34O5. The van der Waals surface area contributed by atoms with E-state index in [4.69, 9.17) is 0 Å². The van der Waals surface area contributed by atoms with Crippen molar-refractivity contribution in [2.24, 2.45) is 11.8 Å². The highest BCUT2D eigenvalue weighted by molar-refractivity contribution is 5.84. The molecule has 0 aromatic rings. The summed E-state index contributed by atoms with van der Waals surface area (Å²) >= 11 is 0. The van der Waals surface area contributed by atoms with Gasteiger partial charge in [-0.05, 0) is 32.6 Å². The highest BCUT2D eigenvalue weighted by atomic mass is 16.5. The second-order valence-corrected chi connectivity index (χ2v) is 7.52. The molecule has 0 amide bonds. The monoisotopic (exact) mass is 378 g/mol. The number of aliphatic hydroxyl groups is 2. The van der Waals surface area contributed by atoms with Gasteiger partial charge in [-0.1, -0.05) is 50.1 Å². The summed E-state index contributed by atoms with van der Waals surface area (Å²) in [5.41, 5.74) is -0.749. The Morgan fingerprint density at radius 3 is 2.70 bits per heavy atom. The summed E-state index contributed by atoms with van der Waals surface area (Å²) in [5, 5.41) is 20.6. The SMILES string of the molecule is CCCCC(C)(O)C/C=C/[C@H]1[C@H](O)CC(=O)[C@@H]1C/C=C/C/C=C/C(=O)OC. The molecule has 1 aliphatic carbocycles. The van der Waals surface area contributed by atoms with E-state index in [0.29, 0.717) is 19.3 Å². The molecule has 2 N–H and O–H groups in total. The number of aliphatic hydroxyl groups excluding tert-OH is 1. The Hall–Kier alpha value is -1.72. The zero-order valence-corrected chi connectivity index (χ0v) is 16.8. The maximum Gasteiger partial charge on any atom is 0.330 e. The van der Waals surface area contributed by atoms with E-state index in [1.807, 2.05) is 31.2 Å². The highest BCUT2D eigenvalue weighted by Crippen LogP contribution is 2.33. The highest BCUT2D eigenvalue weighted by Gasteiger charge is 2.39. The molecule has 1 fully saturated rings. The van der Waals surface area contributed by atoms with Gasteiger partial charge in [-0.15, -0.1) is 0 Å². The first-order valence-corrected chi connectivity index (χ1v) is 9.80. The van der Waals surface area contributed by atoms with Gasteiger partial charge in [0.25, 0.3) is 0 Å². The lowest BCUT2D eigenvalue weighted by Crippen LogP contribution is -2.23. The van der Waals surface area contributed by atoms with Gasteiger partial charge in [-0.25, -0.2) is 4.79 Å². The molecule has 0 heterocycles.